The van der Waals surface area contributed by atoms with E-state index in [0.29, 0.717) is 44.1 Å². The molecule has 0 aliphatic heterocycles. The fourth-order valence-electron chi connectivity index (χ4n) is 4.76. The third kappa shape index (κ3) is 8.21. The number of amides is 1. The number of fused-ring (bicyclic) bond motifs is 2. The highest BCUT2D eigenvalue weighted by Gasteiger charge is 2.23. The van der Waals surface area contributed by atoms with Crippen LogP contribution in [0.25, 0.3) is 21.8 Å². The number of ether oxygens (including phenoxy) is 1. The van der Waals surface area contributed by atoms with Gasteiger partial charge in [-0.2, -0.15) is 0 Å². The molecule has 1 atom stereocenters. The van der Waals surface area contributed by atoms with E-state index in [1.54, 1.807) is 60.3 Å². The molecule has 1 amide bonds. The van der Waals surface area contributed by atoms with Crippen LogP contribution in [0.5, 0.6) is 5.75 Å². The Kier molecular flexibility index (Phi) is 10.4. The van der Waals surface area contributed by atoms with Gasteiger partial charge in [0.2, 0.25) is 0 Å². The number of hydrogen-bond acceptors (Lipinski definition) is 13. The SMILES string of the molecule is CC(Oc1ccccc1)C(=O)Nc1ccc(S(=O)(=O)Nc2nccs2)c2cccnc12.Nc1ccc(S(=O)(=O)Nc2nccs2)c2cccnc12. The Labute approximate surface area is 300 Å². The first kappa shape index (κ1) is 35.1. The maximum atomic E-state index is 12.9. The van der Waals surface area contributed by atoms with E-state index in [0.717, 1.165) is 0 Å². The first-order valence-electron chi connectivity index (χ1n) is 14.9. The van der Waals surface area contributed by atoms with E-state index >= 15 is 0 Å². The molecule has 7 aromatic rings. The summed E-state index contributed by atoms with van der Waals surface area (Å²) in [7, 11) is -7.62. The second-order valence-corrected chi connectivity index (χ2v) is 15.6. The summed E-state index contributed by atoms with van der Waals surface area (Å²) in [4.78, 5) is 29.1. The van der Waals surface area contributed by atoms with Crippen molar-refractivity contribution in [3.05, 3.63) is 114 Å². The number of carbonyl (C=O) groups is 1. The van der Waals surface area contributed by atoms with E-state index in [9.17, 15) is 21.6 Å². The molecule has 1 unspecified atom stereocenters. The van der Waals surface area contributed by atoms with Gasteiger partial charge in [-0.05, 0) is 67.6 Å². The van der Waals surface area contributed by atoms with Crippen molar-refractivity contribution in [1.82, 2.24) is 19.9 Å². The second kappa shape index (κ2) is 15.1. The summed E-state index contributed by atoms with van der Waals surface area (Å²) in [5.41, 5.74) is 7.46. The number of nitrogens with two attached hydrogens (primary N) is 1. The van der Waals surface area contributed by atoms with Crippen LogP contribution >= 0.6 is 22.7 Å². The van der Waals surface area contributed by atoms with Gasteiger partial charge < -0.3 is 15.8 Å². The lowest BCUT2D eigenvalue weighted by atomic mass is 10.2. The number of benzene rings is 3. The molecule has 0 aliphatic rings. The predicted molar refractivity (Wildman–Crippen MR) is 199 cm³/mol. The minimum Gasteiger partial charge on any atom is -0.481 e. The topological polar surface area (TPSA) is 208 Å². The Hall–Kier alpha value is -5.69. The van der Waals surface area contributed by atoms with Crippen molar-refractivity contribution < 1.29 is 26.4 Å². The zero-order valence-electron chi connectivity index (χ0n) is 26.5. The van der Waals surface area contributed by atoms with Gasteiger partial charge in [0.25, 0.3) is 26.0 Å². The number of nitrogens with zero attached hydrogens (tertiary/aromatic N) is 4. The maximum absolute atomic E-state index is 12.9. The molecule has 14 nitrogen and oxygen atoms in total. The van der Waals surface area contributed by atoms with Crippen molar-refractivity contribution in [2.75, 3.05) is 20.5 Å². The summed E-state index contributed by atoms with van der Waals surface area (Å²) in [5, 5.41) is 7.59. The van der Waals surface area contributed by atoms with Crippen molar-refractivity contribution in [3.63, 3.8) is 0 Å². The number of pyridine rings is 2. The van der Waals surface area contributed by atoms with Gasteiger partial charge in [0.15, 0.2) is 16.4 Å². The molecule has 0 spiro atoms. The quantitative estimate of drug-likeness (QED) is 0.119. The number of nitrogen functional groups attached to an aromatic ring is 1. The predicted octanol–water partition coefficient (Wildman–Crippen LogP) is 5.97. The number of rotatable bonds is 10. The molecule has 7 rings (SSSR count). The summed E-state index contributed by atoms with van der Waals surface area (Å²) in [6.45, 7) is 1.63. The molecule has 18 heteroatoms. The Balaban J connectivity index is 0.000000193. The van der Waals surface area contributed by atoms with Crippen LogP contribution in [0.2, 0.25) is 0 Å². The monoisotopic (exact) mass is 760 g/mol. The standard InChI is InChI=1S/C21H18N4O4S2.C12H10N4O2S2/c1-14(29-15-6-3-2-4-7-15)20(26)24-17-9-10-18(16-8-5-11-22-19(16)17)31(27,28)25-21-23-12-13-30-21;13-9-3-4-10(8-2-1-5-14-11(8)9)20(17,18)16-12-15-6-7-19-12/h2-14H,1H3,(H,23,25)(H,24,26);1-7H,13H2,(H,15,16). The second-order valence-electron chi connectivity index (χ2n) is 10.5. The molecule has 0 fully saturated rings. The summed E-state index contributed by atoms with van der Waals surface area (Å²) < 4.78 is 61.1. The Morgan fingerprint density at radius 1 is 0.686 bits per heavy atom. The van der Waals surface area contributed by atoms with Crippen molar-refractivity contribution >= 4 is 92.1 Å². The van der Waals surface area contributed by atoms with E-state index < -0.39 is 26.2 Å². The number of anilines is 4. The molecule has 0 aliphatic carbocycles. The van der Waals surface area contributed by atoms with Crippen LogP contribution in [-0.4, -0.2) is 48.8 Å². The zero-order valence-corrected chi connectivity index (χ0v) is 29.8. The van der Waals surface area contributed by atoms with Crippen LogP contribution in [-0.2, 0) is 24.8 Å². The average molecular weight is 761 g/mol. The minimum atomic E-state index is -3.89. The summed E-state index contributed by atoms with van der Waals surface area (Å²) in [6.07, 6.45) is 5.39. The number of sulfonamides is 2. The fourth-order valence-corrected chi connectivity index (χ4v) is 8.74. The number of para-hydroxylation sites is 1. The molecule has 260 valence electrons. The summed E-state index contributed by atoms with van der Waals surface area (Å²) in [6, 6.07) is 21.6. The highest BCUT2D eigenvalue weighted by atomic mass is 32.2. The number of aromatic nitrogens is 4. The molecule has 0 saturated carbocycles. The van der Waals surface area contributed by atoms with Crippen LogP contribution in [0.4, 0.5) is 21.6 Å². The van der Waals surface area contributed by atoms with E-state index in [2.05, 4.69) is 34.7 Å². The Bertz CT molecular complexity index is 2520. The normalized spacial score (nSPS) is 12.0. The van der Waals surface area contributed by atoms with Crippen molar-refractivity contribution in [3.8, 4) is 5.75 Å². The number of carbonyl (C=O) groups excluding carboxylic acids is 1. The molecule has 0 radical (unpaired) electrons. The van der Waals surface area contributed by atoms with E-state index in [4.69, 9.17) is 10.5 Å². The van der Waals surface area contributed by atoms with E-state index in [-0.39, 0.29) is 20.8 Å². The first-order valence-corrected chi connectivity index (χ1v) is 19.6. The molecular weight excluding hydrogens is 733 g/mol. The summed E-state index contributed by atoms with van der Waals surface area (Å²) in [5.74, 6) is 0.190. The lowest BCUT2D eigenvalue weighted by Crippen LogP contribution is -2.30. The Morgan fingerprint density at radius 2 is 1.24 bits per heavy atom. The smallest absolute Gasteiger partial charge is 0.265 e. The molecule has 0 bridgehead atoms. The fraction of sp³-hybridized carbons (Fsp3) is 0.0606. The number of nitrogens with one attached hydrogen (secondary N) is 3. The highest BCUT2D eigenvalue weighted by molar-refractivity contribution is 7.93. The molecule has 51 heavy (non-hydrogen) atoms. The third-order valence-electron chi connectivity index (χ3n) is 7.06. The van der Waals surface area contributed by atoms with Crippen LogP contribution in [0.3, 0.4) is 0 Å². The third-order valence-corrected chi connectivity index (χ3v) is 11.5. The highest BCUT2D eigenvalue weighted by Crippen LogP contribution is 2.30. The van der Waals surface area contributed by atoms with Crippen LogP contribution in [0.1, 0.15) is 6.92 Å². The number of thiazole rings is 2. The largest absolute Gasteiger partial charge is 0.481 e. The number of hydrogen-bond donors (Lipinski definition) is 4. The maximum Gasteiger partial charge on any atom is 0.265 e. The lowest BCUT2D eigenvalue weighted by Gasteiger charge is -2.16. The van der Waals surface area contributed by atoms with Crippen molar-refractivity contribution in [2.24, 2.45) is 0 Å². The average Bonchev–Trinajstić information content (AvgIpc) is 3.83. The molecule has 4 heterocycles. The van der Waals surface area contributed by atoms with Gasteiger partial charge in [-0.15, -0.1) is 22.7 Å². The molecule has 3 aromatic carbocycles. The van der Waals surface area contributed by atoms with Crippen molar-refractivity contribution in [1.29, 1.82) is 0 Å². The van der Waals surface area contributed by atoms with Gasteiger partial charge in [-0.3, -0.25) is 24.2 Å². The van der Waals surface area contributed by atoms with Crippen molar-refractivity contribution in [2.45, 2.75) is 22.8 Å². The zero-order chi connectivity index (χ0) is 36.0. The minimum absolute atomic E-state index is 0.0392. The van der Waals surface area contributed by atoms with E-state index in [1.807, 2.05) is 18.2 Å². The Morgan fingerprint density at radius 3 is 1.80 bits per heavy atom. The molecule has 0 saturated heterocycles. The first-order chi connectivity index (χ1) is 24.5. The summed E-state index contributed by atoms with van der Waals surface area (Å²) >= 11 is 2.39. The lowest BCUT2D eigenvalue weighted by molar-refractivity contribution is -0.122. The van der Waals surface area contributed by atoms with Gasteiger partial charge in [0.05, 0.1) is 32.2 Å². The van der Waals surface area contributed by atoms with E-state index in [1.165, 1.54) is 65.5 Å². The molecular formula is C33H28N8O6S4. The molecule has 5 N–H and O–H groups in total. The van der Waals surface area contributed by atoms with Gasteiger partial charge in [0.1, 0.15) is 5.75 Å². The van der Waals surface area contributed by atoms with Gasteiger partial charge in [-0.25, -0.2) is 26.8 Å². The van der Waals surface area contributed by atoms with Crippen LogP contribution in [0.15, 0.2) is 124 Å². The van der Waals surface area contributed by atoms with Crippen LogP contribution < -0.4 is 25.2 Å². The van der Waals surface area contributed by atoms with Gasteiger partial charge in [-0.1, -0.05) is 18.2 Å². The van der Waals surface area contributed by atoms with Gasteiger partial charge in [0, 0.05) is 46.3 Å². The van der Waals surface area contributed by atoms with Crippen LogP contribution in [0, 0.1) is 0 Å². The van der Waals surface area contributed by atoms with Gasteiger partial charge >= 0.3 is 0 Å². The molecule has 4 aromatic heterocycles.